The van der Waals surface area contributed by atoms with Crippen LogP contribution in [0.3, 0.4) is 0 Å². The summed E-state index contributed by atoms with van der Waals surface area (Å²) < 4.78 is 38.8. The Labute approximate surface area is 330 Å². The molecule has 12 heteroatoms. The van der Waals surface area contributed by atoms with Crippen LogP contribution in [0.15, 0.2) is 65.2 Å². The van der Waals surface area contributed by atoms with Crippen molar-refractivity contribution in [1.29, 1.82) is 0 Å². The summed E-state index contributed by atoms with van der Waals surface area (Å²) in [6.07, 6.45) is 31.8. The lowest BCUT2D eigenvalue weighted by Crippen LogP contribution is -2.29. The number of aryl methyl sites for hydroxylation is 2. The minimum absolute atomic E-state index is 0.0280. The number of nitrogens with two attached hydrogens (primary N) is 1. The number of hydrogen-bond donors (Lipinski definition) is 3. The van der Waals surface area contributed by atoms with E-state index in [0.717, 1.165) is 82.1 Å². The predicted molar refractivity (Wildman–Crippen MR) is 220 cm³/mol. The number of phosphoric ester groups is 1. The predicted octanol–water partition coefficient (Wildman–Crippen LogP) is 9.56. The van der Waals surface area contributed by atoms with E-state index in [4.69, 9.17) is 28.7 Å². The highest BCUT2D eigenvalue weighted by Gasteiger charge is 2.26. The molecule has 0 bridgehead atoms. The topological polar surface area (TPSA) is 168 Å². The van der Waals surface area contributed by atoms with Gasteiger partial charge in [-0.05, 0) is 82.8 Å². The van der Waals surface area contributed by atoms with Crippen LogP contribution in [0.5, 0.6) is 0 Å². The van der Waals surface area contributed by atoms with Gasteiger partial charge in [-0.2, -0.15) is 0 Å². The standard InChI is InChI=1S/C43H70NO10P/c1-5-7-27-38(45)28-22-18-14-12-10-8-9-11-13-15-20-24-30-42(46)50-34-39(35-52-55(48,49)51-33-32-44)53-43(47)31-25-21-17-16-19-23-29-41-37(4)36(3)40(54-41)26-6-2/h7-9,12-15,18,22,27,38-39,45H,5-6,10-11,16-17,19-21,23-26,28-35,44H2,1-4H3,(H,48,49)/b9-8-,14-12-,15-13-,22-18+,27-7-/t38?,39-/m1/s1. The maximum atomic E-state index is 12.6. The number of furan rings is 1. The summed E-state index contributed by atoms with van der Waals surface area (Å²) in [4.78, 5) is 34.9. The Bertz CT molecular complexity index is 1380. The number of aliphatic hydroxyl groups excluding tert-OH is 1. The van der Waals surface area contributed by atoms with E-state index in [1.165, 1.54) is 11.1 Å². The number of aliphatic hydroxyl groups is 1. The molecule has 2 unspecified atom stereocenters. The minimum atomic E-state index is -4.42. The number of unbranched alkanes of at least 4 members (excludes halogenated alkanes) is 6. The molecule has 0 aliphatic rings. The van der Waals surface area contributed by atoms with Gasteiger partial charge in [0.05, 0.1) is 19.3 Å². The first-order chi connectivity index (χ1) is 26.5. The fourth-order valence-electron chi connectivity index (χ4n) is 5.44. The Hall–Kier alpha value is -3.05. The lowest BCUT2D eigenvalue weighted by Gasteiger charge is -2.19. The highest BCUT2D eigenvalue weighted by Crippen LogP contribution is 2.43. The van der Waals surface area contributed by atoms with Crippen molar-refractivity contribution in [1.82, 2.24) is 0 Å². The van der Waals surface area contributed by atoms with Crippen molar-refractivity contribution in [2.45, 2.75) is 149 Å². The van der Waals surface area contributed by atoms with E-state index < -0.39 is 38.6 Å². The molecule has 0 fully saturated rings. The van der Waals surface area contributed by atoms with E-state index in [2.05, 4.69) is 32.9 Å². The average molecular weight is 792 g/mol. The van der Waals surface area contributed by atoms with E-state index in [1.807, 2.05) is 55.5 Å². The number of hydrogen-bond acceptors (Lipinski definition) is 10. The summed E-state index contributed by atoms with van der Waals surface area (Å²) in [6.45, 7) is 7.53. The number of esters is 2. The molecule has 0 spiro atoms. The van der Waals surface area contributed by atoms with Gasteiger partial charge >= 0.3 is 19.8 Å². The van der Waals surface area contributed by atoms with Crippen molar-refractivity contribution >= 4 is 19.8 Å². The number of rotatable bonds is 33. The number of carbonyl (C=O) groups excluding carboxylic acids is 2. The molecule has 0 amide bonds. The molecular weight excluding hydrogens is 721 g/mol. The molecule has 1 rings (SSSR count). The summed E-state index contributed by atoms with van der Waals surface area (Å²) in [5.41, 5.74) is 7.89. The molecule has 0 saturated heterocycles. The molecule has 1 heterocycles. The van der Waals surface area contributed by atoms with Gasteiger partial charge in [0.1, 0.15) is 18.1 Å². The van der Waals surface area contributed by atoms with Crippen molar-refractivity contribution in [3.8, 4) is 0 Å². The van der Waals surface area contributed by atoms with Crippen LogP contribution in [0.1, 0.15) is 133 Å². The summed E-state index contributed by atoms with van der Waals surface area (Å²) in [5.74, 6) is 1.25. The second-order valence-electron chi connectivity index (χ2n) is 13.6. The lowest BCUT2D eigenvalue weighted by molar-refractivity contribution is -0.161. The molecule has 1 aromatic heterocycles. The third kappa shape index (κ3) is 26.4. The lowest BCUT2D eigenvalue weighted by atomic mass is 10.0. The van der Waals surface area contributed by atoms with Crippen LogP contribution in [-0.4, -0.2) is 60.5 Å². The quantitative estimate of drug-likeness (QED) is 0.0204. The van der Waals surface area contributed by atoms with Gasteiger partial charge in [0.2, 0.25) is 0 Å². The summed E-state index contributed by atoms with van der Waals surface area (Å²) in [5, 5.41) is 9.75. The second-order valence-corrected chi connectivity index (χ2v) is 15.0. The van der Waals surface area contributed by atoms with Crippen molar-refractivity contribution in [3.05, 3.63) is 83.4 Å². The third-order valence-electron chi connectivity index (χ3n) is 8.67. The molecule has 0 saturated carbocycles. The number of allylic oxidation sites excluding steroid dienone is 8. The molecule has 3 atom stereocenters. The van der Waals surface area contributed by atoms with E-state index in [9.17, 15) is 24.2 Å². The molecule has 0 aliphatic carbocycles. The van der Waals surface area contributed by atoms with Crippen LogP contribution >= 0.6 is 7.82 Å². The van der Waals surface area contributed by atoms with Gasteiger partial charge in [-0.15, -0.1) is 0 Å². The van der Waals surface area contributed by atoms with Crippen molar-refractivity contribution in [2.75, 3.05) is 26.4 Å². The van der Waals surface area contributed by atoms with Gasteiger partial charge < -0.3 is 29.6 Å². The largest absolute Gasteiger partial charge is 0.472 e. The van der Waals surface area contributed by atoms with Crippen LogP contribution in [0.25, 0.3) is 0 Å². The van der Waals surface area contributed by atoms with Crippen LogP contribution in [0.4, 0.5) is 0 Å². The van der Waals surface area contributed by atoms with Crippen molar-refractivity contribution < 1.29 is 47.1 Å². The highest BCUT2D eigenvalue weighted by molar-refractivity contribution is 7.47. The normalized spacial score (nSPS) is 14.5. The van der Waals surface area contributed by atoms with Gasteiger partial charge in [-0.3, -0.25) is 18.6 Å². The number of carbonyl (C=O) groups is 2. The van der Waals surface area contributed by atoms with Gasteiger partial charge in [-0.25, -0.2) is 4.57 Å². The van der Waals surface area contributed by atoms with E-state index in [0.29, 0.717) is 25.7 Å². The molecule has 4 N–H and O–H groups in total. The monoisotopic (exact) mass is 791 g/mol. The van der Waals surface area contributed by atoms with Gasteiger partial charge in [-0.1, -0.05) is 100 Å². The zero-order valence-electron chi connectivity index (χ0n) is 34.0. The van der Waals surface area contributed by atoms with Crippen molar-refractivity contribution in [2.24, 2.45) is 5.73 Å². The van der Waals surface area contributed by atoms with Crippen molar-refractivity contribution in [3.63, 3.8) is 0 Å². The average Bonchev–Trinajstić information content (AvgIpc) is 3.43. The van der Waals surface area contributed by atoms with E-state index in [1.54, 1.807) is 0 Å². The summed E-state index contributed by atoms with van der Waals surface area (Å²) in [7, 11) is -4.42. The number of phosphoric acid groups is 1. The fraction of sp³-hybridized carbons (Fsp3) is 0.628. The zero-order valence-corrected chi connectivity index (χ0v) is 34.9. The molecule has 11 nitrogen and oxygen atoms in total. The maximum Gasteiger partial charge on any atom is 0.472 e. The van der Waals surface area contributed by atoms with Crippen LogP contribution < -0.4 is 5.73 Å². The van der Waals surface area contributed by atoms with Gasteiger partial charge in [0.25, 0.3) is 0 Å². The first-order valence-corrected chi connectivity index (χ1v) is 21.7. The minimum Gasteiger partial charge on any atom is -0.466 e. The van der Waals surface area contributed by atoms with Gasteiger partial charge in [0.15, 0.2) is 6.10 Å². The van der Waals surface area contributed by atoms with Gasteiger partial charge in [0, 0.05) is 32.2 Å². The maximum absolute atomic E-state index is 12.6. The second kappa shape index (κ2) is 32.1. The van der Waals surface area contributed by atoms with Crippen LogP contribution in [0, 0.1) is 13.8 Å². The Morgan fingerprint density at radius 1 is 0.782 bits per heavy atom. The Morgan fingerprint density at radius 3 is 2.13 bits per heavy atom. The number of ether oxygens (including phenoxy) is 2. The smallest absolute Gasteiger partial charge is 0.466 e. The molecule has 1 aromatic rings. The molecule has 55 heavy (non-hydrogen) atoms. The van der Waals surface area contributed by atoms with Crippen LogP contribution in [0.2, 0.25) is 0 Å². The highest BCUT2D eigenvalue weighted by atomic mass is 31.2. The van der Waals surface area contributed by atoms with E-state index in [-0.39, 0.29) is 32.6 Å². The van der Waals surface area contributed by atoms with E-state index >= 15 is 0 Å². The molecule has 0 aromatic carbocycles. The third-order valence-corrected chi connectivity index (χ3v) is 9.65. The fourth-order valence-corrected chi connectivity index (χ4v) is 6.21. The molecule has 312 valence electrons. The van der Waals surface area contributed by atoms with Crippen LogP contribution in [-0.2, 0) is 45.5 Å². The zero-order chi connectivity index (χ0) is 40.6. The molecule has 0 radical (unpaired) electrons. The first kappa shape index (κ1) is 50.0. The molecular formula is C43H70NO10P. The SMILES string of the molecule is CC/C=C\C(O)C/C=C/C=C\C/C=C\C/C=C\CCCC(=O)OC[C@H](COP(=O)(O)OCCN)OC(=O)CCCCCCCCc1oc(CCC)c(C)c1C. The first-order valence-electron chi connectivity index (χ1n) is 20.2. The Balaban J connectivity index is 2.35. The Kier molecular flexibility index (Phi) is 29.1. The Morgan fingerprint density at radius 2 is 1.42 bits per heavy atom. The summed E-state index contributed by atoms with van der Waals surface area (Å²) >= 11 is 0. The molecule has 0 aliphatic heterocycles. The summed E-state index contributed by atoms with van der Waals surface area (Å²) in [6, 6.07) is 0.